The van der Waals surface area contributed by atoms with Gasteiger partial charge >= 0.3 is 18.9 Å². The summed E-state index contributed by atoms with van der Waals surface area (Å²) in [7, 11) is -3.30. The van der Waals surface area contributed by atoms with E-state index in [1.807, 2.05) is 0 Å². The van der Waals surface area contributed by atoms with Gasteiger partial charge in [0.25, 0.3) is 0 Å². The summed E-state index contributed by atoms with van der Waals surface area (Å²) in [5.41, 5.74) is 0. The molecule has 0 spiro atoms. The third kappa shape index (κ3) is 5.34. The molecule has 0 fully saturated rings. The second kappa shape index (κ2) is 5.03. The Kier molecular flexibility index (Phi) is 6.32. The minimum absolute atomic E-state index is 0. The van der Waals surface area contributed by atoms with Crippen LogP contribution in [0.4, 0.5) is 0 Å². The second-order valence-corrected chi connectivity index (χ2v) is 22.6. The van der Waals surface area contributed by atoms with Crippen molar-refractivity contribution in [1.82, 2.24) is 3.90 Å². The molecule has 0 amide bonds. The van der Waals surface area contributed by atoms with Gasteiger partial charge in [-0.1, -0.05) is 58.9 Å². The molecule has 0 unspecified atom stereocenters. The molecule has 0 atom stereocenters. The number of rotatable bonds is 3. The zero-order chi connectivity index (χ0) is 11.1. The van der Waals surface area contributed by atoms with E-state index < -0.39 is 24.7 Å². The van der Waals surface area contributed by atoms with Crippen LogP contribution in [0, 0.1) is 0 Å². The minimum atomic E-state index is -1.10. The van der Waals surface area contributed by atoms with Gasteiger partial charge in [0.05, 0.1) is 0 Å². The summed E-state index contributed by atoms with van der Waals surface area (Å²) in [4.78, 5) is 0. The Morgan fingerprint density at radius 2 is 0.643 bits per heavy atom. The predicted octanol–water partition coefficient (Wildman–Crippen LogP) is 0.797. The summed E-state index contributed by atoms with van der Waals surface area (Å²) >= 11 is 0. The third-order valence-electron chi connectivity index (χ3n) is 2.01. The summed E-state index contributed by atoms with van der Waals surface area (Å²) in [6.07, 6.45) is 0. The van der Waals surface area contributed by atoms with Crippen molar-refractivity contribution in [2.75, 3.05) is 0 Å². The van der Waals surface area contributed by atoms with E-state index in [1.165, 1.54) is 0 Å². The molecule has 0 aromatic heterocycles. The van der Waals surface area contributed by atoms with Crippen LogP contribution in [0.5, 0.6) is 0 Å². The zero-order valence-electron chi connectivity index (χ0n) is 11.9. The van der Waals surface area contributed by atoms with E-state index >= 15 is 0 Å². The average Bonchev–Trinajstić information content (AvgIpc) is 1.44. The fraction of sp³-hybridized carbons (Fsp3) is 1.00. The summed E-state index contributed by atoms with van der Waals surface area (Å²) in [5.74, 6) is 0. The molecule has 14 heavy (non-hydrogen) atoms. The van der Waals surface area contributed by atoms with E-state index in [0.29, 0.717) is 0 Å². The van der Waals surface area contributed by atoms with Crippen LogP contribution >= 0.6 is 0 Å². The van der Waals surface area contributed by atoms with Gasteiger partial charge in [-0.25, -0.2) is 0 Å². The molecule has 0 N–H and O–H groups in total. The molecular weight excluding hydrogens is 213 g/mol. The maximum Gasteiger partial charge on any atom is 1.00 e. The fourth-order valence-corrected chi connectivity index (χ4v) is 27.2. The molecule has 0 heterocycles. The van der Waals surface area contributed by atoms with Crippen molar-refractivity contribution in [3.05, 3.63) is 0 Å². The molecule has 0 aromatic rings. The first kappa shape index (κ1) is 17.6. The van der Waals surface area contributed by atoms with Crippen molar-refractivity contribution in [2.45, 2.75) is 58.9 Å². The molecule has 0 radical (unpaired) electrons. The second-order valence-electron chi connectivity index (χ2n) is 6.85. The Morgan fingerprint density at radius 1 is 0.500 bits per heavy atom. The Balaban J connectivity index is 0. The van der Waals surface area contributed by atoms with Crippen molar-refractivity contribution in [3.8, 4) is 0 Å². The zero-order valence-corrected chi connectivity index (χ0v) is 14.9. The minimum Gasteiger partial charge on any atom is -0.369 e. The van der Waals surface area contributed by atoms with Gasteiger partial charge in [-0.3, -0.25) is 0 Å². The first-order valence-electron chi connectivity index (χ1n) is 5.17. The van der Waals surface area contributed by atoms with E-state index in [-0.39, 0.29) is 18.9 Å². The number of hydrogen-bond acceptors (Lipinski definition) is 1. The molecule has 0 bridgehead atoms. The van der Waals surface area contributed by atoms with Crippen LogP contribution in [0.3, 0.4) is 0 Å². The molecule has 0 aromatic carbocycles. The molecule has 1 nitrogen and oxygen atoms in total. The Morgan fingerprint density at radius 3 is 0.643 bits per heavy atom. The fourth-order valence-electron chi connectivity index (χ4n) is 3.02. The molecule has 80 valence electrons. The standard InChI is InChI=1S/C9H27NSi3.Li/c1-11(2,3)10(12(4,5)6)13(7,8)9;/h1-9H3;/q;+1. The van der Waals surface area contributed by atoms with Crippen molar-refractivity contribution in [1.29, 1.82) is 0 Å². The summed E-state index contributed by atoms with van der Waals surface area (Å²) in [6.45, 7) is 22.4. The molecule has 0 rings (SSSR count). The number of nitrogens with zero attached hydrogens (tertiary/aromatic N) is 1. The summed E-state index contributed by atoms with van der Waals surface area (Å²) in [5, 5.41) is 0. The topological polar surface area (TPSA) is 3.24 Å². The summed E-state index contributed by atoms with van der Waals surface area (Å²) in [6, 6.07) is 0. The predicted molar refractivity (Wildman–Crippen MR) is 71.9 cm³/mol. The van der Waals surface area contributed by atoms with E-state index in [4.69, 9.17) is 0 Å². The van der Waals surface area contributed by atoms with E-state index in [9.17, 15) is 0 Å². The van der Waals surface area contributed by atoms with Gasteiger partial charge in [0.1, 0.15) is 24.7 Å². The van der Waals surface area contributed by atoms with Crippen LogP contribution in [0.1, 0.15) is 0 Å². The molecule has 0 saturated heterocycles. The molecule has 5 heteroatoms. The normalized spacial score (nSPS) is 14.1. The van der Waals surface area contributed by atoms with Crippen LogP contribution in [0.25, 0.3) is 0 Å². The maximum atomic E-state index is 2.98. The maximum absolute atomic E-state index is 2.98. The molecular formula is C9H27LiNSi3+. The van der Waals surface area contributed by atoms with Crippen LogP contribution in [0.2, 0.25) is 58.9 Å². The van der Waals surface area contributed by atoms with E-state index in [1.54, 1.807) is 0 Å². The Hall–Kier alpha value is 1.21. The van der Waals surface area contributed by atoms with Gasteiger partial charge in [0, 0.05) is 0 Å². The van der Waals surface area contributed by atoms with Gasteiger partial charge in [-0.05, 0) is 0 Å². The first-order chi connectivity index (χ1) is 5.37. The summed E-state index contributed by atoms with van der Waals surface area (Å²) < 4.78 is 2.98. The molecule has 0 aliphatic heterocycles. The van der Waals surface area contributed by atoms with Crippen LogP contribution in [-0.2, 0) is 0 Å². The molecule has 0 aliphatic carbocycles. The van der Waals surface area contributed by atoms with Crippen LogP contribution < -0.4 is 18.9 Å². The van der Waals surface area contributed by atoms with E-state index in [2.05, 4.69) is 62.8 Å². The van der Waals surface area contributed by atoms with Crippen molar-refractivity contribution in [2.24, 2.45) is 0 Å². The number of hydrogen-bond donors (Lipinski definition) is 0. The molecule has 0 saturated carbocycles. The van der Waals surface area contributed by atoms with Crippen molar-refractivity contribution in [3.63, 3.8) is 0 Å². The van der Waals surface area contributed by atoms with Gasteiger partial charge in [-0.2, -0.15) is 0 Å². The monoisotopic (exact) mass is 240 g/mol. The van der Waals surface area contributed by atoms with Gasteiger partial charge in [0.15, 0.2) is 0 Å². The third-order valence-corrected chi connectivity index (χ3v) is 18.1. The van der Waals surface area contributed by atoms with Crippen molar-refractivity contribution >= 4 is 24.7 Å². The Bertz CT molecular complexity index is 143. The average molecular weight is 241 g/mol. The smallest absolute Gasteiger partial charge is 0.369 e. The Labute approximate surface area is 106 Å². The van der Waals surface area contributed by atoms with Crippen molar-refractivity contribution < 1.29 is 18.9 Å². The van der Waals surface area contributed by atoms with Gasteiger partial charge < -0.3 is 3.90 Å². The van der Waals surface area contributed by atoms with Gasteiger partial charge in [-0.15, -0.1) is 0 Å². The quantitative estimate of drug-likeness (QED) is 0.660. The van der Waals surface area contributed by atoms with Gasteiger partial charge in [0.2, 0.25) is 0 Å². The van der Waals surface area contributed by atoms with E-state index in [0.717, 1.165) is 0 Å². The van der Waals surface area contributed by atoms with Crippen LogP contribution in [0.15, 0.2) is 0 Å². The molecule has 0 aliphatic rings. The van der Waals surface area contributed by atoms with Crippen LogP contribution in [-0.4, -0.2) is 28.6 Å². The SMILES string of the molecule is C[Si](C)(C)N([Si](C)(C)C)[Si](C)(C)C.[Li+]. The largest absolute Gasteiger partial charge is 1.00 e. The first-order valence-corrected chi connectivity index (χ1v) is 15.5.